The summed E-state index contributed by atoms with van der Waals surface area (Å²) < 4.78 is 17.6. The minimum Gasteiger partial charge on any atom is -0.456 e. The first kappa shape index (κ1) is 24.2. The molecule has 1 atom stereocenters. The second-order valence-electron chi connectivity index (χ2n) is 12.2. The average Bonchev–Trinajstić information content (AvgIpc) is 3.86. The molecule has 10 aromatic rings. The van der Waals surface area contributed by atoms with E-state index in [1.165, 1.54) is 43.4 Å². The van der Waals surface area contributed by atoms with Crippen molar-refractivity contribution in [3.63, 3.8) is 0 Å². The van der Waals surface area contributed by atoms with E-state index >= 15 is 0 Å². The molecule has 0 amide bonds. The Morgan fingerprint density at radius 1 is 0.500 bits per heavy atom. The highest BCUT2D eigenvalue weighted by molar-refractivity contribution is 6.21. The van der Waals surface area contributed by atoms with Gasteiger partial charge in [-0.05, 0) is 65.4 Å². The Balaban J connectivity index is 1.13. The number of nitrogens with zero attached hydrogens (tertiary/aromatic N) is 2. The summed E-state index contributed by atoms with van der Waals surface area (Å²) >= 11 is 0. The highest BCUT2D eigenvalue weighted by atomic mass is 16.5. The average molecular weight is 592 g/mol. The standard InChI is InChI=1S/C41H25N3O2/c1-2-10-26-24(9-1)17-20-35-38(26)28-12-4-7-15-33(28)43(35)25-18-21-34-30(23-25)27-11-3-6-14-32(27)44(34)41-42-31-19-22-37-39(40(31)46-41)29-13-5-8-16-36(29)45-37/h1-23,41-42H. The van der Waals surface area contributed by atoms with E-state index in [9.17, 15) is 0 Å². The van der Waals surface area contributed by atoms with Gasteiger partial charge in [0.1, 0.15) is 11.2 Å². The Morgan fingerprint density at radius 3 is 2.13 bits per heavy atom. The fourth-order valence-corrected chi connectivity index (χ4v) is 7.81. The van der Waals surface area contributed by atoms with Gasteiger partial charge >= 0.3 is 0 Å². The number of hydrogen-bond acceptors (Lipinski definition) is 3. The number of para-hydroxylation sites is 3. The molecule has 0 saturated heterocycles. The first-order chi connectivity index (χ1) is 22.8. The predicted octanol–water partition coefficient (Wildman–Crippen LogP) is 10.9. The van der Waals surface area contributed by atoms with Gasteiger partial charge in [-0.15, -0.1) is 0 Å². The lowest BCUT2D eigenvalue weighted by Crippen LogP contribution is -2.18. The summed E-state index contributed by atoms with van der Waals surface area (Å²) in [7, 11) is 0. The molecule has 1 aliphatic heterocycles. The number of rotatable bonds is 2. The second-order valence-corrected chi connectivity index (χ2v) is 12.2. The normalized spacial score (nSPS) is 14.7. The second kappa shape index (κ2) is 8.71. The quantitative estimate of drug-likeness (QED) is 0.217. The maximum atomic E-state index is 6.79. The van der Waals surface area contributed by atoms with Crippen molar-refractivity contribution in [2.75, 3.05) is 5.32 Å². The Bertz CT molecular complexity index is 2890. The molecule has 11 rings (SSSR count). The van der Waals surface area contributed by atoms with E-state index in [0.717, 1.165) is 50.1 Å². The van der Waals surface area contributed by atoms with Gasteiger partial charge in [0.15, 0.2) is 5.75 Å². The van der Waals surface area contributed by atoms with Gasteiger partial charge in [0.05, 0.1) is 33.1 Å². The van der Waals surface area contributed by atoms with Crippen LogP contribution in [0.2, 0.25) is 0 Å². The van der Waals surface area contributed by atoms with Gasteiger partial charge in [-0.3, -0.25) is 4.57 Å². The number of aromatic nitrogens is 2. The van der Waals surface area contributed by atoms with Crippen LogP contribution in [0.1, 0.15) is 6.35 Å². The molecule has 0 bridgehead atoms. The molecule has 0 aliphatic carbocycles. The lowest BCUT2D eigenvalue weighted by Gasteiger charge is -2.17. The Hall–Kier alpha value is -6.20. The van der Waals surface area contributed by atoms with Crippen molar-refractivity contribution >= 4 is 82.0 Å². The summed E-state index contributed by atoms with van der Waals surface area (Å²) in [6, 6.07) is 49.5. The zero-order valence-corrected chi connectivity index (χ0v) is 24.6. The number of hydrogen-bond donors (Lipinski definition) is 1. The maximum absolute atomic E-state index is 6.79. The number of furan rings is 1. The molecule has 46 heavy (non-hydrogen) atoms. The Morgan fingerprint density at radius 2 is 1.22 bits per heavy atom. The first-order valence-corrected chi connectivity index (χ1v) is 15.6. The highest BCUT2D eigenvalue weighted by Gasteiger charge is 2.30. The molecule has 0 radical (unpaired) electrons. The summed E-state index contributed by atoms with van der Waals surface area (Å²) in [5.41, 5.74) is 8.40. The van der Waals surface area contributed by atoms with Gasteiger partial charge < -0.3 is 19.0 Å². The van der Waals surface area contributed by atoms with Gasteiger partial charge in [0, 0.05) is 32.6 Å². The van der Waals surface area contributed by atoms with Crippen LogP contribution >= 0.6 is 0 Å². The van der Waals surface area contributed by atoms with Crippen molar-refractivity contribution in [3.8, 4) is 11.4 Å². The molecule has 216 valence electrons. The summed E-state index contributed by atoms with van der Waals surface area (Å²) in [4.78, 5) is 0. The van der Waals surface area contributed by atoms with Crippen LogP contribution in [0, 0.1) is 0 Å². The minimum atomic E-state index is -0.415. The fraction of sp³-hybridized carbons (Fsp3) is 0.0244. The van der Waals surface area contributed by atoms with Crippen molar-refractivity contribution in [3.05, 3.63) is 140 Å². The molecule has 0 saturated carbocycles. The molecule has 1 unspecified atom stereocenters. The third-order valence-electron chi connectivity index (χ3n) is 9.75. The molecule has 0 spiro atoms. The predicted molar refractivity (Wildman–Crippen MR) is 188 cm³/mol. The SMILES string of the molecule is c1ccc2c(c1)ccc1c2c2ccccc2n1-c1ccc2c(c1)c1ccccc1n2C1Nc2ccc3oc4ccccc4c3c2O1. The fourth-order valence-electron chi connectivity index (χ4n) is 7.81. The van der Waals surface area contributed by atoms with Crippen molar-refractivity contribution in [2.24, 2.45) is 0 Å². The Labute approximate surface area is 262 Å². The van der Waals surface area contributed by atoms with Gasteiger partial charge in [-0.25, -0.2) is 0 Å². The van der Waals surface area contributed by atoms with E-state index in [-0.39, 0.29) is 0 Å². The van der Waals surface area contributed by atoms with Crippen LogP contribution in [-0.4, -0.2) is 9.13 Å². The van der Waals surface area contributed by atoms with Crippen LogP contribution in [0.5, 0.6) is 5.75 Å². The van der Waals surface area contributed by atoms with E-state index in [2.05, 4.69) is 130 Å². The number of anilines is 1. The molecular weight excluding hydrogens is 566 g/mol. The largest absolute Gasteiger partial charge is 0.456 e. The van der Waals surface area contributed by atoms with Gasteiger partial charge in [0.25, 0.3) is 6.35 Å². The van der Waals surface area contributed by atoms with Crippen LogP contribution < -0.4 is 10.1 Å². The minimum absolute atomic E-state index is 0.415. The topological polar surface area (TPSA) is 44.3 Å². The van der Waals surface area contributed by atoms with E-state index in [1.807, 2.05) is 24.3 Å². The van der Waals surface area contributed by atoms with E-state index in [0.29, 0.717) is 0 Å². The van der Waals surface area contributed by atoms with Gasteiger partial charge in [-0.1, -0.05) is 84.9 Å². The third-order valence-corrected chi connectivity index (χ3v) is 9.75. The van der Waals surface area contributed by atoms with Crippen molar-refractivity contribution in [1.29, 1.82) is 0 Å². The van der Waals surface area contributed by atoms with Crippen molar-refractivity contribution < 1.29 is 9.15 Å². The van der Waals surface area contributed by atoms with Crippen molar-refractivity contribution in [2.45, 2.75) is 6.35 Å². The van der Waals surface area contributed by atoms with E-state index in [4.69, 9.17) is 9.15 Å². The molecule has 5 heteroatoms. The summed E-state index contributed by atoms with van der Waals surface area (Å²) in [6.07, 6.45) is -0.415. The lowest BCUT2D eigenvalue weighted by atomic mass is 10.0. The molecule has 3 aromatic heterocycles. The zero-order valence-electron chi connectivity index (χ0n) is 24.6. The van der Waals surface area contributed by atoms with E-state index < -0.39 is 6.35 Å². The van der Waals surface area contributed by atoms with Crippen LogP contribution in [0.4, 0.5) is 5.69 Å². The third kappa shape index (κ3) is 3.09. The first-order valence-electron chi connectivity index (χ1n) is 15.6. The maximum Gasteiger partial charge on any atom is 0.255 e. The number of nitrogens with one attached hydrogen (secondary N) is 1. The molecule has 1 N–H and O–H groups in total. The van der Waals surface area contributed by atoms with E-state index in [1.54, 1.807) is 0 Å². The molecule has 4 heterocycles. The lowest BCUT2D eigenvalue weighted by molar-refractivity contribution is 0.195. The summed E-state index contributed by atoms with van der Waals surface area (Å²) in [6.45, 7) is 0. The summed E-state index contributed by atoms with van der Waals surface area (Å²) in [5, 5.41) is 13.2. The number of benzene rings is 7. The zero-order chi connectivity index (χ0) is 29.9. The molecule has 1 aliphatic rings. The van der Waals surface area contributed by atoms with Crippen LogP contribution in [0.15, 0.2) is 144 Å². The number of fused-ring (bicyclic) bond motifs is 13. The molecular formula is C41H25N3O2. The Kier molecular flexibility index (Phi) is 4.57. The highest BCUT2D eigenvalue weighted by Crippen LogP contribution is 2.47. The summed E-state index contributed by atoms with van der Waals surface area (Å²) in [5.74, 6) is 0.826. The van der Waals surface area contributed by atoms with Crippen LogP contribution in [-0.2, 0) is 0 Å². The van der Waals surface area contributed by atoms with Crippen LogP contribution in [0.3, 0.4) is 0 Å². The molecule has 5 nitrogen and oxygen atoms in total. The van der Waals surface area contributed by atoms with Crippen LogP contribution in [0.25, 0.3) is 82.0 Å². The molecule has 7 aromatic carbocycles. The van der Waals surface area contributed by atoms with Gasteiger partial charge in [-0.2, -0.15) is 0 Å². The van der Waals surface area contributed by atoms with Crippen molar-refractivity contribution in [1.82, 2.24) is 9.13 Å². The van der Waals surface area contributed by atoms with Gasteiger partial charge in [0.2, 0.25) is 0 Å². The monoisotopic (exact) mass is 591 g/mol. The smallest absolute Gasteiger partial charge is 0.255 e. The number of ether oxygens (including phenoxy) is 1. The molecule has 0 fully saturated rings.